The molecule has 5 heteroatoms. The molecule has 1 aromatic carbocycles. The topological polar surface area (TPSA) is 63.4 Å². The minimum absolute atomic E-state index is 0.0938. The van der Waals surface area contributed by atoms with Gasteiger partial charge in [0.05, 0.1) is 6.26 Å². The Morgan fingerprint density at radius 2 is 2.19 bits per heavy atom. The lowest BCUT2D eigenvalue weighted by molar-refractivity contribution is 0.246. The summed E-state index contributed by atoms with van der Waals surface area (Å²) in [7, 11) is -3.07. The van der Waals surface area contributed by atoms with Gasteiger partial charge in [-0.05, 0) is 44.1 Å². The predicted octanol–water partition coefficient (Wildman–Crippen LogP) is 1.93. The SMILES string of the molecule is Cc1cccc(CC(N)CC2CCCN(S(C)(=O)=O)C2)c1. The Balaban J connectivity index is 1.89. The van der Waals surface area contributed by atoms with Crippen molar-refractivity contribution in [3.8, 4) is 0 Å². The Kier molecular flexibility index (Phi) is 5.41. The number of piperidine rings is 1. The summed E-state index contributed by atoms with van der Waals surface area (Å²) in [4.78, 5) is 0. The second-order valence-electron chi connectivity index (χ2n) is 6.32. The average Bonchev–Trinajstić information content (AvgIpc) is 2.37. The van der Waals surface area contributed by atoms with E-state index in [1.54, 1.807) is 4.31 Å². The number of hydrogen-bond acceptors (Lipinski definition) is 3. The van der Waals surface area contributed by atoms with E-state index in [4.69, 9.17) is 5.73 Å². The van der Waals surface area contributed by atoms with Crippen LogP contribution in [0, 0.1) is 12.8 Å². The summed E-state index contributed by atoms with van der Waals surface area (Å²) >= 11 is 0. The van der Waals surface area contributed by atoms with Crippen molar-refractivity contribution in [2.75, 3.05) is 19.3 Å². The molecule has 1 fully saturated rings. The molecule has 4 nitrogen and oxygen atoms in total. The van der Waals surface area contributed by atoms with E-state index in [2.05, 4.69) is 31.2 Å². The molecule has 1 aliphatic heterocycles. The first-order chi connectivity index (χ1) is 9.84. The highest BCUT2D eigenvalue weighted by Gasteiger charge is 2.26. The van der Waals surface area contributed by atoms with Crippen molar-refractivity contribution >= 4 is 10.0 Å². The molecule has 0 amide bonds. The standard InChI is InChI=1S/C16H26N2O2S/c1-13-5-3-6-14(9-13)10-16(17)11-15-7-4-8-18(12-15)21(2,19)20/h3,5-6,9,15-16H,4,7-8,10-12,17H2,1-2H3. The highest BCUT2D eigenvalue weighted by atomic mass is 32.2. The molecule has 0 saturated carbocycles. The van der Waals surface area contributed by atoms with Crippen molar-refractivity contribution in [3.63, 3.8) is 0 Å². The third-order valence-electron chi connectivity index (χ3n) is 4.17. The molecule has 118 valence electrons. The minimum Gasteiger partial charge on any atom is -0.327 e. The predicted molar refractivity (Wildman–Crippen MR) is 86.6 cm³/mol. The molecule has 2 atom stereocenters. The van der Waals surface area contributed by atoms with Crippen molar-refractivity contribution in [3.05, 3.63) is 35.4 Å². The van der Waals surface area contributed by atoms with Crippen LogP contribution in [0.25, 0.3) is 0 Å². The molecule has 1 saturated heterocycles. The minimum atomic E-state index is -3.07. The van der Waals surface area contributed by atoms with Crippen LogP contribution >= 0.6 is 0 Å². The van der Waals surface area contributed by atoms with E-state index in [0.717, 1.165) is 25.7 Å². The Hall–Kier alpha value is -0.910. The lowest BCUT2D eigenvalue weighted by Crippen LogP contribution is -2.41. The average molecular weight is 310 g/mol. The summed E-state index contributed by atoms with van der Waals surface area (Å²) < 4.78 is 24.9. The summed E-state index contributed by atoms with van der Waals surface area (Å²) in [6.45, 7) is 3.36. The number of aryl methyl sites for hydroxylation is 1. The fourth-order valence-corrected chi connectivity index (χ4v) is 4.12. The number of nitrogens with zero attached hydrogens (tertiary/aromatic N) is 1. The largest absolute Gasteiger partial charge is 0.327 e. The van der Waals surface area contributed by atoms with Crippen molar-refractivity contribution in [1.82, 2.24) is 4.31 Å². The molecule has 21 heavy (non-hydrogen) atoms. The monoisotopic (exact) mass is 310 g/mol. The van der Waals surface area contributed by atoms with E-state index >= 15 is 0 Å². The van der Waals surface area contributed by atoms with Crippen LogP contribution in [-0.4, -0.2) is 38.1 Å². The van der Waals surface area contributed by atoms with Crippen LogP contribution in [0.1, 0.15) is 30.4 Å². The zero-order valence-corrected chi connectivity index (χ0v) is 13.8. The van der Waals surface area contributed by atoms with Gasteiger partial charge in [0.1, 0.15) is 0 Å². The van der Waals surface area contributed by atoms with Crippen LogP contribution < -0.4 is 5.73 Å². The lowest BCUT2D eigenvalue weighted by Gasteiger charge is -2.32. The third-order valence-corrected chi connectivity index (χ3v) is 5.44. The lowest BCUT2D eigenvalue weighted by atomic mass is 9.90. The van der Waals surface area contributed by atoms with E-state index in [1.165, 1.54) is 17.4 Å². The van der Waals surface area contributed by atoms with Crippen molar-refractivity contribution in [2.45, 2.75) is 38.6 Å². The zero-order chi connectivity index (χ0) is 15.5. The first kappa shape index (κ1) is 16.5. The van der Waals surface area contributed by atoms with Crippen LogP contribution in [0.15, 0.2) is 24.3 Å². The normalized spacial score (nSPS) is 22.1. The van der Waals surface area contributed by atoms with E-state index < -0.39 is 10.0 Å². The van der Waals surface area contributed by atoms with Gasteiger partial charge in [-0.3, -0.25) is 0 Å². The highest BCUT2D eigenvalue weighted by Crippen LogP contribution is 2.23. The van der Waals surface area contributed by atoms with Gasteiger partial charge in [-0.1, -0.05) is 29.8 Å². The summed E-state index contributed by atoms with van der Waals surface area (Å²) in [6.07, 6.45) is 5.06. The number of rotatable bonds is 5. The van der Waals surface area contributed by atoms with Gasteiger partial charge in [0.25, 0.3) is 0 Å². The van der Waals surface area contributed by atoms with Crippen LogP contribution in [0.3, 0.4) is 0 Å². The van der Waals surface area contributed by atoms with Gasteiger partial charge in [-0.2, -0.15) is 0 Å². The number of nitrogens with two attached hydrogens (primary N) is 1. The maximum Gasteiger partial charge on any atom is 0.211 e. The zero-order valence-electron chi connectivity index (χ0n) is 13.0. The van der Waals surface area contributed by atoms with Gasteiger partial charge in [-0.15, -0.1) is 0 Å². The molecule has 1 heterocycles. The van der Waals surface area contributed by atoms with E-state index in [-0.39, 0.29) is 6.04 Å². The fourth-order valence-electron chi connectivity index (χ4n) is 3.17. The van der Waals surface area contributed by atoms with Gasteiger partial charge in [0.15, 0.2) is 0 Å². The van der Waals surface area contributed by atoms with E-state index in [1.807, 2.05) is 0 Å². The van der Waals surface area contributed by atoms with Crippen LogP contribution in [0.2, 0.25) is 0 Å². The molecule has 1 aromatic rings. The Morgan fingerprint density at radius 3 is 2.86 bits per heavy atom. The molecule has 0 aromatic heterocycles. The molecule has 1 aliphatic rings. The van der Waals surface area contributed by atoms with Crippen LogP contribution in [-0.2, 0) is 16.4 Å². The van der Waals surface area contributed by atoms with E-state index in [0.29, 0.717) is 19.0 Å². The molecule has 0 radical (unpaired) electrons. The fraction of sp³-hybridized carbons (Fsp3) is 0.625. The molecule has 0 bridgehead atoms. The highest BCUT2D eigenvalue weighted by molar-refractivity contribution is 7.88. The van der Waals surface area contributed by atoms with Crippen LogP contribution in [0.5, 0.6) is 0 Å². The first-order valence-electron chi connectivity index (χ1n) is 7.61. The summed E-state index contributed by atoms with van der Waals surface area (Å²) in [6, 6.07) is 8.51. The van der Waals surface area contributed by atoms with Crippen LogP contribution in [0.4, 0.5) is 0 Å². The van der Waals surface area contributed by atoms with Crippen molar-refractivity contribution in [1.29, 1.82) is 0 Å². The van der Waals surface area contributed by atoms with E-state index in [9.17, 15) is 8.42 Å². The van der Waals surface area contributed by atoms with Crippen molar-refractivity contribution in [2.24, 2.45) is 11.7 Å². The maximum atomic E-state index is 11.6. The molecular formula is C16H26N2O2S. The smallest absolute Gasteiger partial charge is 0.211 e. The Labute approximate surface area is 128 Å². The Bertz CT molecular complexity index is 571. The molecule has 0 aliphatic carbocycles. The molecule has 2 rings (SSSR count). The van der Waals surface area contributed by atoms with Crippen molar-refractivity contribution < 1.29 is 8.42 Å². The third kappa shape index (κ3) is 5.09. The summed E-state index contributed by atoms with van der Waals surface area (Å²) in [5, 5.41) is 0. The molecule has 2 N–H and O–H groups in total. The number of hydrogen-bond donors (Lipinski definition) is 1. The van der Waals surface area contributed by atoms with Gasteiger partial charge in [0.2, 0.25) is 10.0 Å². The van der Waals surface area contributed by atoms with Gasteiger partial charge < -0.3 is 5.73 Å². The quantitative estimate of drug-likeness (QED) is 0.904. The van der Waals surface area contributed by atoms with Gasteiger partial charge in [0, 0.05) is 19.1 Å². The second-order valence-corrected chi connectivity index (χ2v) is 8.30. The maximum absolute atomic E-state index is 11.6. The summed E-state index contributed by atoms with van der Waals surface area (Å²) in [5.41, 5.74) is 8.79. The summed E-state index contributed by atoms with van der Waals surface area (Å²) in [5.74, 6) is 0.383. The number of benzene rings is 1. The van der Waals surface area contributed by atoms with Gasteiger partial charge >= 0.3 is 0 Å². The molecular weight excluding hydrogens is 284 g/mol. The van der Waals surface area contributed by atoms with Gasteiger partial charge in [-0.25, -0.2) is 12.7 Å². The first-order valence-corrected chi connectivity index (χ1v) is 9.45. The molecule has 2 unspecified atom stereocenters. The number of sulfonamides is 1. The molecule has 0 spiro atoms. The Morgan fingerprint density at radius 1 is 1.43 bits per heavy atom. The second kappa shape index (κ2) is 6.90.